The van der Waals surface area contributed by atoms with Crippen LogP contribution in [0, 0.1) is 0 Å². The smallest absolute Gasteiger partial charge is 0.315 e. The summed E-state index contributed by atoms with van der Waals surface area (Å²) in [5.41, 5.74) is 1.74. The SMILES string of the molecule is O=C(NCc1cc(-c2nnco2)co1)NC[C@H]1CN(Cc2ccc(Cl)c(Cl)c2)CCO1. The largest absolute Gasteiger partial charge is 0.467 e. The van der Waals surface area contributed by atoms with E-state index in [4.69, 9.17) is 36.8 Å². The molecule has 0 bridgehead atoms. The van der Waals surface area contributed by atoms with E-state index in [1.165, 1.54) is 12.7 Å². The molecular weight excluding hydrogens is 445 g/mol. The van der Waals surface area contributed by atoms with Crippen LogP contribution in [0.3, 0.4) is 0 Å². The quantitative estimate of drug-likeness (QED) is 0.550. The Kier molecular flexibility index (Phi) is 7.08. The van der Waals surface area contributed by atoms with Gasteiger partial charge in [0.15, 0.2) is 0 Å². The molecular formula is C20H21Cl2N5O4. The molecule has 1 aliphatic rings. The number of furan rings is 1. The fourth-order valence-corrected chi connectivity index (χ4v) is 3.59. The summed E-state index contributed by atoms with van der Waals surface area (Å²) >= 11 is 12.1. The number of halogens is 2. The number of nitrogens with one attached hydrogen (secondary N) is 2. The number of carbonyl (C=O) groups is 1. The molecule has 0 radical (unpaired) electrons. The number of nitrogens with zero attached hydrogens (tertiary/aromatic N) is 3. The maximum atomic E-state index is 12.1. The van der Waals surface area contributed by atoms with Gasteiger partial charge in [0, 0.05) is 26.2 Å². The number of carbonyl (C=O) groups excluding carboxylic acids is 1. The Morgan fingerprint density at radius 2 is 2.10 bits per heavy atom. The van der Waals surface area contributed by atoms with Crippen molar-refractivity contribution in [2.24, 2.45) is 0 Å². The van der Waals surface area contributed by atoms with Crippen molar-refractivity contribution in [1.29, 1.82) is 0 Å². The number of morpholine rings is 1. The Morgan fingerprint density at radius 1 is 1.19 bits per heavy atom. The number of rotatable bonds is 7. The van der Waals surface area contributed by atoms with Crippen LogP contribution >= 0.6 is 23.2 Å². The van der Waals surface area contributed by atoms with E-state index in [0.29, 0.717) is 47.0 Å². The van der Waals surface area contributed by atoms with E-state index in [1.54, 1.807) is 12.1 Å². The average molecular weight is 466 g/mol. The summed E-state index contributed by atoms with van der Waals surface area (Å²) in [4.78, 5) is 14.4. The topological polar surface area (TPSA) is 106 Å². The maximum absolute atomic E-state index is 12.1. The van der Waals surface area contributed by atoms with Crippen LogP contribution in [0.25, 0.3) is 11.5 Å². The zero-order chi connectivity index (χ0) is 21.6. The first kappa shape index (κ1) is 21.6. The van der Waals surface area contributed by atoms with Gasteiger partial charge in [-0.15, -0.1) is 10.2 Å². The summed E-state index contributed by atoms with van der Waals surface area (Å²) in [6, 6.07) is 7.06. The second kappa shape index (κ2) is 10.1. The van der Waals surface area contributed by atoms with Crippen molar-refractivity contribution in [2.75, 3.05) is 26.2 Å². The van der Waals surface area contributed by atoms with Crippen molar-refractivity contribution in [2.45, 2.75) is 19.2 Å². The summed E-state index contributed by atoms with van der Waals surface area (Å²) in [7, 11) is 0. The van der Waals surface area contributed by atoms with Gasteiger partial charge in [0.25, 0.3) is 5.89 Å². The van der Waals surface area contributed by atoms with Gasteiger partial charge in [-0.2, -0.15) is 0 Å². The number of hydrogen-bond acceptors (Lipinski definition) is 7. The number of hydrogen-bond donors (Lipinski definition) is 2. The maximum Gasteiger partial charge on any atom is 0.315 e. The second-order valence-corrected chi connectivity index (χ2v) is 7.90. The lowest BCUT2D eigenvalue weighted by molar-refractivity contribution is -0.0287. The van der Waals surface area contributed by atoms with Crippen molar-refractivity contribution < 1.29 is 18.4 Å². The number of ether oxygens (including phenoxy) is 1. The van der Waals surface area contributed by atoms with Crippen LogP contribution in [0.15, 0.2) is 45.8 Å². The Balaban J connectivity index is 1.19. The number of aromatic nitrogens is 2. The Bertz CT molecular complexity index is 1010. The predicted molar refractivity (Wildman–Crippen MR) is 114 cm³/mol. The summed E-state index contributed by atoms with van der Waals surface area (Å²) in [5.74, 6) is 0.935. The molecule has 0 aliphatic carbocycles. The van der Waals surface area contributed by atoms with Crippen molar-refractivity contribution in [3.05, 3.63) is 58.3 Å². The molecule has 1 aliphatic heterocycles. The molecule has 9 nitrogen and oxygen atoms in total. The van der Waals surface area contributed by atoms with E-state index in [-0.39, 0.29) is 18.7 Å². The minimum absolute atomic E-state index is 0.102. The molecule has 11 heteroatoms. The predicted octanol–water partition coefficient (Wildman–Crippen LogP) is 3.34. The van der Waals surface area contributed by atoms with Crippen LogP contribution in [0.5, 0.6) is 0 Å². The molecule has 31 heavy (non-hydrogen) atoms. The van der Waals surface area contributed by atoms with Crippen LogP contribution in [0.2, 0.25) is 10.0 Å². The minimum atomic E-state index is -0.305. The van der Waals surface area contributed by atoms with Crippen molar-refractivity contribution in [3.8, 4) is 11.5 Å². The van der Waals surface area contributed by atoms with Gasteiger partial charge in [-0.1, -0.05) is 29.3 Å². The molecule has 3 heterocycles. The molecule has 1 fully saturated rings. The van der Waals surface area contributed by atoms with Crippen LogP contribution in [-0.4, -0.2) is 53.5 Å². The average Bonchev–Trinajstić information content (AvgIpc) is 3.45. The third-order valence-corrected chi connectivity index (χ3v) is 5.53. The van der Waals surface area contributed by atoms with Gasteiger partial charge in [0.1, 0.15) is 12.0 Å². The third kappa shape index (κ3) is 5.98. The highest BCUT2D eigenvalue weighted by molar-refractivity contribution is 6.42. The van der Waals surface area contributed by atoms with Gasteiger partial charge in [0.2, 0.25) is 6.39 Å². The molecule has 4 rings (SSSR count). The molecule has 1 saturated heterocycles. The highest BCUT2D eigenvalue weighted by Crippen LogP contribution is 2.23. The van der Waals surface area contributed by atoms with E-state index in [0.717, 1.165) is 18.7 Å². The lowest BCUT2D eigenvalue weighted by Crippen LogP contribution is -2.48. The molecule has 0 saturated carbocycles. The van der Waals surface area contributed by atoms with E-state index in [9.17, 15) is 4.79 Å². The second-order valence-electron chi connectivity index (χ2n) is 7.09. The summed E-state index contributed by atoms with van der Waals surface area (Å²) in [6.45, 7) is 3.48. The van der Waals surface area contributed by atoms with Crippen molar-refractivity contribution >= 4 is 29.2 Å². The summed E-state index contributed by atoms with van der Waals surface area (Å²) in [5, 5.41) is 14.1. The van der Waals surface area contributed by atoms with Crippen LogP contribution in [-0.2, 0) is 17.8 Å². The molecule has 2 aromatic heterocycles. The van der Waals surface area contributed by atoms with E-state index in [2.05, 4.69) is 25.7 Å². The molecule has 2 amide bonds. The fourth-order valence-electron chi connectivity index (χ4n) is 3.26. The molecule has 3 aromatic rings. The van der Waals surface area contributed by atoms with Gasteiger partial charge >= 0.3 is 6.03 Å². The van der Waals surface area contributed by atoms with Gasteiger partial charge in [-0.25, -0.2) is 4.79 Å². The highest BCUT2D eigenvalue weighted by atomic mass is 35.5. The molecule has 164 valence electrons. The monoisotopic (exact) mass is 465 g/mol. The number of urea groups is 1. The van der Waals surface area contributed by atoms with E-state index < -0.39 is 0 Å². The normalized spacial score (nSPS) is 16.9. The molecule has 0 unspecified atom stereocenters. The van der Waals surface area contributed by atoms with Gasteiger partial charge in [-0.3, -0.25) is 4.90 Å². The van der Waals surface area contributed by atoms with Crippen molar-refractivity contribution in [1.82, 2.24) is 25.7 Å². The first-order chi connectivity index (χ1) is 15.1. The third-order valence-electron chi connectivity index (χ3n) is 4.79. The number of amides is 2. The Hall–Kier alpha value is -2.59. The zero-order valence-corrected chi connectivity index (χ0v) is 18.0. The van der Waals surface area contributed by atoms with Gasteiger partial charge in [0.05, 0.1) is 34.9 Å². The molecule has 1 aromatic carbocycles. The standard InChI is InChI=1S/C20H21Cl2N5O4/c21-17-2-1-13(5-18(17)22)9-27-3-4-29-16(10-27)8-24-20(28)23-7-15-6-14(11-30-15)19-26-25-12-31-19/h1-2,5-6,11-12,16H,3-4,7-10H2,(H2,23,24,28)/t16-/m0/s1. The van der Waals surface area contributed by atoms with Crippen molar-refractivity contribution in [3.63, 3.8) is 0 Å². The van der Waals surface area contributed by atoms with Gasteiger partial charge < -0.3 is 24.2 Å². The van der Waals surface area contributed by atoms with Crippen LogP contribution < -0.4 is 10.6 Å². The van der Waals surface area contributed by atoms with E-state index in [1.807, 2.05) is 12.1 Å². The Labute approximate surface area is 188 Å². The minimum Gasteiger partial charge on any atom is -0.467 e. The lowest BCUT2D eigenvalue weighted by atomic mass is 10.2. The molecule has 0 spiro atoms. The molecule has 2 N–H and O–H groups in total. The van der Waals surface area contributed by atoms with Crippen LogP contribution in [0.4, 0.5) is 4.79 Å². The fraction of sp³-hybridized carbons (Fsp3) is 0.350. The summed E-state index contributed by atoms with van der Waals surface area (Å²) in [6.07, 6.45) is 2.64. The first-order valence-corrected chi connectivity index (χ1v) is 10.5. The van der Waals surface area contributed by atoms with Crippen LogP contribution in [0.1, 0.15) is 11.3 Å². The number of benzene rings is 1. The first-order valence-electron chi connectivity index (χ1n) is 9.70. The van der Waals surface area contributed by atoms with E-state index >= 15 is 0 Å². The zero-order valence-electron chi connectivity index (χ0n) is 16.5. The Morgan fingerprint density at radius 3 is 2.90 bits per heavy atom. The highest BCUT2D eigenvalue weighted by Gasteiger charge is 2.21. The summed E-state index contributed by atoms with van der Waals surface area (Å²) < 4.78 is 16.3. The molecule has 1 atom stereocenters. The lowest BCUT2D eigenvalue weighted by Gasteiger charge is -2.33. The van der Waals surface area contributed by atoms with Gasteiger partial charge in [-0.05, 0) is 23.8 Å².